The Hall–Kier alpha value is -3.13. The third kappa shape index (κ3) is 4.65. The van der Waals surface area contributed by atoms with Gasteiger partial charge in [0.25, 0.3) is 5.56 Å². The summed E-state index contributed by atoms with van der Waals surface area (Å²) in [6.45, 7) is 2.74. The molecule has 0 spiro atoms. The zero-order valence-electron chi connectivity index (χ0n) is 16.7. The predicted molar refractivity (Wildman–Crippen MR) is 112 cm³/mol. The first-order valence-electron chi connectivity index (χ1n) is 9.82. The lowest BCUT2D eigenvalue weighted by molar-refractivity contribution is 0.203. The van der Waals surface area contributed by atoms with Crippen LogP contribution in [0.1, 0.15) is 30.0 Å². The molecule has 1 aliphatic heterocycles. The summed E-state index contributed by atoms with van der Waals surface area (Å²) in [4.78, 5) is 37.0. The zero-order valence-corrected chi connectivity index (χ0v) is 16.7. The van der Waals surface area contributed by atoms with E-state index in [9.17, 15) is 4.79 Å². The third-order valence-electron chi connectivity index (χ3n) is 5.17. The number of anilines is 1. The van der Waals surface area contributed by atoms with E-state index in [0.717, 1.165) is 49.7 Å². The topological polar surface area (TPSA) is 90.9 Å². The molecule has 0 bridgehead atoms. The molecule has 4 rings (SSSR count). The van der Waals surface area contributed by atoms with Crippen LogP contribution in [-0.4, -0.2) is 57.0 Å². The van der Waals surface area contributed by atoms with Crippen molar-refractivity contribution in [2.45, 2.75) is 25.3 Å². The predicted octanol–water partition coefficient (Wildman–Crippen LogP) is 2.07. The number of H-pyrrole nitrogens is 1. The molecule has 0 amide bonds. The molecule has 3 aromatic heterocycles. The summed E-state index contributed by atoms with van der Waals surface area (Å²) in [6.07, 6.45) is 7.43. The fourth-order valence-corrected chi connectivity index (χ4v) is 3.62. The number of rotatable bonds is 5. The number of aromatic amines is 1. The first-order valence-corrected chi connectivity index (χ1v) is 9.82. The first-order chi connectivity index (χ1) is 14.1. The minimum absolute atomic E-state index is 0.129. The molecule has 0 saturated carbocycles. The smallest absolute Gasteiger partial charge is 0.251 e. The zero-order chi connectivity index (χ0) is 20.2. The monoisotopic (exact) mass is 391 g/mol. The molecule has 1 fully saturated rings. The largest absolute Gasteiger partial charge is 0.347 e. The Bertz CT molecular complexity index is 994. The molecular formula is C21H25N7O. The molecule has 0 radical (unpaired) electrons. The van der Waals surface area contributed by atoms with E-state index in [4.69, 9.17) is 4.98 Å². The maximum atomic E-state index is 12.2. The van der Waals surface area contributed by atoms with Gasteiger partial charge in [-0.2, -0.15) is 0 Å². The van der Waals surface area contributed by atoms with Gasteiger partial charge in [0.1, 0.15) is 5.69 Å². The summed E-state index contributed by atoms with van der Waals surface area (Å²) in [5.74, 6) is 1.54. The van der Waals surface area contributed by atoms with Gasteiger partial charge < -0.3 is 9.88 Å². The van der Waals surface area contributed by atoms with Gasteiger partial charge in [-0.1, -0.05) is 6.07 Å². The Balaban J connectivity index is 1.41. The summed E-state index contributed by atoms with van der Waals surface area (Å²) in [5, 5.41) is 0. The van der Waals surface area contributed by atoms with Crippen LogP contribution >= 0.6 is 0 Å². The van der Waals surface area contributed by atoms with E-state index in [1.165, 1.54) is 0 Å². The van der Waals surface area contributed by atoms with E-state index in [-0.39, 0.29) is 11.5 Å². The second kappa shape index (κ2) is 8.48. The maximum absolute atomic E-state index is 12.2. The molecule has 0 atom stereocenters. The van der Waals surface area contributed by atoms with Crippen LogP contribution in [0, 0.1) is 0 Å². The van der Waals surface area contributed by atoms with Gasteiger partial charge in [0.15, 0.2) is 5.82 Å². The van der Waals surface area contributed by atoms with Gasteiger partial charge in [-0.15, -0.1) is 0 Å². The highest BCUT2D eigenvalue weighted by molar-refractivity contribution is 5.48. The van der Waals surface area contributed by atoms with Crippen LogP contribution in [-0.2, 0) is 6.54 Å². The van der Waals surface area contributed by atoms with E-state index in [1.807, 2.05) is 49.6 Å². The van der Waals surface area contributed by atoms with Crippen molar-refractivity contribution < 1.29 is 0 Å². The van der Waals surface area contributed by atoms with E-state index in [1.54, 1.807) is 12.3 Å². The lowest BCUT2D eigenvalue weighted by atomic mass is 9.93. The van der Waals surface area contributed by atoms with Crippen molar-refractivity contribution in [3.63, 3.8) is 0 Å². The Morgan fingerprint density at radius 2 is 1.90 bits per heavy atom. The highest BCUT2D eigenvalue weighted by Gasteiger charge is 2.23. The summed E-state index contributed by atoms with van der Waals surface area (Å²) in [5.41, 5.74) is 2.52. The van der Waals surface area contributed by atoms with Gasteiger partial charge in [-0.3, -0.25) is 14.7 Å². The van der Waals surface area contributed by atoms with Gasteiger partial charge in [0.2, 0.25) is 5.95 Å². The molecule has 1 saturated heterocycles. The molecule has 1 aliphatic rings. The minimum Gasteiger partial charge on any atom is -0.347 e. The Labute approximate surface area is 169 Å². The number of aromatic nitrogens is 5. The van der Waals surface area contributed by atoms with Gasteiger partial charge in [-0.25, -0.2) is 15.0 Å². The normalized spacial score (nSPS) is 15.4. The fraction of sp³-hybridized carbons (Fsp3) is 0.381. The number of pyridine rings is 1. The quantitative estimate of drug-likeness (QED) is 0.712. The molecule has 150 valence electrons. The van der Waals surface area contributed by atoms with E-state index in [2.05, 4.69) is 24.8 Å². The van der Waals surface area contributed by atoms with Crippen molar-refractivity contribution in [1.82, 2.24) is 29.8 Å². The number of nitrogens with zero attached hydrogens (tertiary/aromatic N) is 6. The Morgan fingerprint density at radius 1 is 1.14 bits per heavy atom. The van der Waals surface area contributed by atoms with Crippen molar-refractivity contribution in [2.75, 3.05) is 32.1 Å². The molecule has 4 heterocycles. The van der Waals surface area contributed by atoms with E-state index < -0.39 is 0 Å². The molecule has 0 aromatic carbocycles. The average Bonchev–Trinajstić information content (AvgIpc) is 2.75. The summed E-state index contributed by atoms with van der Waals surface area (Å²) in [7, 11) is 3.86. The van der Waals surface area contributed by atoms with Crippen LogP contribution in [0.25, 0.3) is 11.5 Å². The standard InChI is InChI=1S/C21H25N7O/c1-27(2)21-23-12-15(13-24-21)14-28-9-6-16(7-10-28)18-11-19(29)26-20(25-18)17-5-3-4-8-22-17/h3-5,8,11-13,16H,6-7,9-10,14H2,1-2H3,(H,25,26,29). The SMILES string of the molecule is CN(C)c1ncc(CN2CCC(c3cc(=O)[nH]c(-c4ccccn4)n3)CC2)cn1. The van der Waals surface area contributed by atoms with Gasteiger partial charge in [-0.05, 0) is 38.1 Å². The van der Waals surface area contributed by atoms with Crippen LogP contribution in [0.15, 0.2) is 47.7 Å². The molecule has 1 N–H and O–H groups in total. The molecule has 3 aromatic rings. The Kier molecular flexibility index (Phi) is 5.62. The second-order valence-corrected chi connectivity index (χ2v) is 7.57. The molecule has 8 nitrogen and oxygen atoms in total. The van der Waals surface area contributed by atoms with Crippen molar-refractivity contribution in [2.24, 2.45) is 0 Å². The van der Waals surface area contributed by atoms with E-state index >= 15 is 0 Å². The number of hydrogen-bond acceptors (Lipinski definition) is 7. The molecule has 29 heavy (non-hydrogen) atoms. The molecule has 0 unspecified atom stereocenters. The van der Waals surface area contributed by atoms with Crippen LogP contribution in [0.4, 0.5) is 5.95 Å². The summed E-state index contributed by atoms with van der Waals surface area (Å²) in [6, 6.07) is 7.22. The second-order valence-electron chi connectivity index (χ2n) is 7.57. The van der Waals surface area contributed by atoms with Crippen LogP contribution in [0.2, 0.25) is 0 Å². The fourth-order valence-electron chi connectivity index (χ4n) is 3.62. The van der Waals surface area contributed by atoms with Crippen molar-refractivity contribution in [1.29, 1.82) is 0 Å². The number of likely N-dealkylation sites (tertiary alicyclic amines) is 1. The van der Waals surface area contributed by atoms with Crippen LogP contribution in [0.5, 0.6) is 0 Å². The van der Waals surface area contributed by atoms with Crippen molar-refractivity contribution in [3.8, 4) is 11.5 Å². The Morgan fingerprint density at radius 3 is 2.55 bits per heavy atom. The molecule has 0 aliphatic carbocycles. The van der Waals surface area contributed by atoms with Crippen LogP contribution in [0.3, 0.4) is 0 Å². The highest BCUT2D eigenvalue weighted by atomic mass is 16.1. The van der Waals surface area contributed by atoms with Gasteiger partial charge in [0.05, 0.1) is 5.69 Å². The average molecular weight is 391 g/mol. The first kappa shape index (κ1) is 19.2. The minimum atomic E-state index is -0.129. The lowest BCUT2D eigenvalue weighted by Crippen LogP contribution is -2.33. The lowest BCUT2D eigenvalue weighted by Gasteiger charge is -2.31. The number of hydrogen-bond donors (Lipinski definition) is 1. The van der Waals surface area contributed by atoms with Gasteiger partial charge in [0, 0.05) is 56.8 Å². The van der Waals surface area contributed by atoms with Crippen LogP contribution < -0.4 is 10.5 Å². The van der Waals surface area contributed by atoms with Crippen molar-refractivity contribution >= 4 is 5.95 Å². The number of nitrogens with one attached hydrogen (secondary N) is 1. The van der Waals surface area contributed by atoms with E-state index in [0.29, 0.717) is 11.5 Å². The summed E-state index contributed by atoms with van der Waals surface area (Å²) >= 11 is 0. The van der Waals surface area contributed by atoms with Crippen molar-refractivity contribution in [3.05, 3.63) is 64.5 Å². The molecular weight excluding hydrogens is 366 g/mol. The number of piperidine rings is 1. The van der Waals surface area contributed by atoms with Gasteiger partial charge >= 0.3 is 0 Å². The third-order valence-corrected chi connectivity index (χ3v) is 5.17. The highest BCUT2D eigenvalue weighted by Crippen LogP contribution is 2.27. The maximum Gasteiger partial charge on any atom is 0.251 e. The molecule has 8 heteroatoms. The summed E-state index contributed by atoms with van der Waals surface area (Å²) < 4.78 is 0.